The fraction of sp³-hybridized carbons (Fsp3) is 1.00. The lowest BCUT2D eigenvalue weighted by Gasteiger charge is -2.05. The molecule has 0 aromatic heterocycles. The van der Waals surface area contributed by atoms with E-state index in [0.717, 1.165) is 23.0 Å². The normalized spacial score (nSPS) is 24.5. The van der Waals surface area contributed by atoms with E-state index in [1.165, 1.54) is 23.0 Å². The van der Waals surface area contributed by atoms with Crippen molar-refractivity contribution in [2.24, 2.45) is 0 Å². The van der Waals surface area contributed by atoms with Gasteiger partial charge in [0.1, 0.15) is 8.86 Å². The predicted molar refractivity (Wildman–Crippen MR) is 85.0 cm³/mol. The SMILES string of the molecule is O=S1SCCSCCSCCSCCS1. The summed E-state index contributed by atoms with van der Waals surface area (Å²) >= 11 is 6.04. The van der Waals surface area contributed by atoms with E-state index in [2.05, 4.69) is 11.8 Å². The molecule has 1 heterocycles. The second kappa shape index (κ2) is 11.0. The van der Waals surface area contributed by atoms with Crippen molar-refractivity contribution in [1.29, 1.82) is 0 Å². The third-order valence-corrected chi connectivity index (χ3v) is 10.6. The molecule has 0 amide bonds. The minimum absolute atomic E-state index is 0.709. The van der Waals surface area contributed by atoms with Gasteiger partial charge in [-0.25, -0.2) is 4.21 Å². The van der Waals surface area contributed by atoms with E-state index in [1.54, 1.807) is 21.6 Å². The zero-order valence-electron chi connectivity index (χ0n) is 8.51. The molecule has 0 radical (unpaired) electrons. The van der Waals surface area contributed by atoms with Crippen molar-refractivity contribution in [2.45, 2.75) is 0 Å². The summed E-state index contributed by atoms with van der Waals surface area (Å²) in [6.07, 6.45) is 0. The van der Waals surface area contributed by atoms with Crippen LogP contribution in [0.3, 0.4) is 0 Å². The van der Waals surface area contributed by atoms with Gasteiger partial charge in [0.05, 0.1) is 0 Å². The highest BCUT2D eigenvalue weighted by Gasteiger charge is 2.02. The molecule has 0 atom stereocenters. The van der Waals surface area contributed by atoms with Crippen LogP contribution in [0.2, 0.25) is 0 Å². The molecule has 1 aliphatic rings. The fourth-order valence-electron chi connectivity index (χ4n) is 0.898. The molecule has 0 aliphatic carbocycles. The van der Waals surface area contributed by atoms with Crippen LogP contribution in [0, 0.1) is 0 Å². The van der Waals surface area contributed by atoms with Crippen LogP contribution in [0.5, 0.6) is 0 Å². The molecule has 1 saturated heterocycles. The minimum Gasteiger partial charge on any atom is -0.236 e. The highest BCUT2D eigenvalue weighted by atomic mass is 33.5. The van der Waals surface area contributed by atoms with Crippen molar-refractivity contribution in [3.8, 4) is 0 Å². The monoisotopic (exact) mass is 320 g/mol. The molecule has 0 bridgehead atoms. The summed E-state index contributed by atoms with van der Waals surface area (Å²) in [7, 11) is 2.49. The number of hydrogen-bond acceptors (Lipinski definition) is 6. The maximum atomic E-state index is 11.5. The number of thioether (sulfide) groups is 3. The number of rotatable bonds is 0. The lowest BCUT2D eigenvalue weighted by Crippen LogP contribution is -1.96. The molecule has 0 aromatic rings. The second-order valence-electron chi connectivity index (χ2n) is 2.69. The van der Waals surface area contributed by atoms with E-state index in [4.69, 9.17) is 0 Å². The largest absolute Gasteiger partial charge is 0.236 e. The van der Waals surface area contributed by atoms with E-state index in [-0.39, 0.29) is 0 Å². The summed E-state index contributed by atoms with van der Waals surface area (Å²) in [5.74, 6) is 9.38. The van der Waals surface area contributed by atoms with Gasteiger partial charge < -0.3 is 0 Å². The lowest BCUT2D eigenvalue weighted by molar-refractivity contribution is 0.699. The van der Waals surface area contributed by atoms with Gasteiger partial charge in [-0.05, 0) is 21.6 Å². The van der Waals surface area contributed by atoms with Gasteiger partial charge in [0.15, 0.2) is 0 Å². The summed E-state index contributed by atoms with van der Waals surface area (Å²) in [6, 6.07) is 0. The van der Waals surface area contributed by atoms with Crippen LogP contribution >= 0.6 is 56.9 Å². The Balaban J connectivity index is 2.13. The van der Waals surface area contributed by atoms with Crippen LogP contribution in [-0.2, 0) is 8.86 Å². The number of hydrogen-bond donors (Lipinski definition) is 0. The van der Waals surface area contributed by atoms with Crippen molar-refractivity contribution in [3.05, 3.63) is 0 Å². The van der Waals surface area contributed by atoms with Crippen LogP contribution in [0.1, 0.15) is 0 Å². The third-order valence-electron chi connectivity index (χ3n) is 1.56. The molecule has 1 nitrogen and oxygen atoms in total. The molecular formula is C8H16OS6. The molecular weight excluding hydrogens is 304 g/mol. The average molecular weight is 321 g/mol. The van der Waals surface area contributed by atoms with Crippen molar-refractivity contribution < 1.29 is 4.21 Å². The highest BCUT2D eigenvalue weighted by Crippen LogP contribution is 2.23. The molecule has 90 valence electrons. The first-order chi connectivity index (χ1) is 7.39. The third kappa shape index (κ3) is 9.59. The zero-order valence-corrected chi connectivity index (χ0v) is 13.4. The molecule has 0 unspecified atom stereocenters. The first-order valence-electron chi connectivity index (χ1n) is 4.81. The van der Waals surface area contributed by atoms with Gasteiger partial charge in [0, 0.05) is 46.0 Å². The molecule has 0 aromatic carbocycles. The summed E-state index contributed by atoms with van der Waals surface area (Å²) in [4.78, 5) is 0. The predicted octanol–water partition coefficient (Wildman–Crippen LogP) is 3.24. The second-order valence-corrected chi connectivity index (χ2v) is 11.9. The standard InChI is InChI=1S/C8H16OS6/c9-15-13-7-5-11-3-1-10-2-4-12-6-8-14-15/h1-8H2. The van der Waals surface area contributed by atoms with E-state index in [9.17, 15) is 4.21 Å². The quantitative estimate of drug-likeness (QED) is 0.633. The Kier molecular flexibility index (Phi) is 11.0. The van der Waals surface area contributed by atoms with Crippen LogP contribution in [0.25, 0.3) is 0 Å². The summed E-state index contributed by atoms with van der Waals surface area (Å²) in [5.41, 5.74) is 0. The first kappa shape index (κ1) is 15.0. The van der Waals surface area contributed by atoms with E-state index < -0.39 is 8.86 Å². The van der Waals surface area contributed by atoms with Crippen LogP contribution in [0.4, 0.5) is 0 Å². The van der Waals surface area contributed by atoms with Gasteiger partial charge in [-0.3, -0.25) is 0 Å². The average Bonchev–Trinajstić information content (AvgIpc) is 2.24. The van der Waals surface area contributed by atoms with Crippen molar-refractivity contribution >= 4 is 65.7 Å². The van der Waals surface area contributed by atoms with Gasteiger partial charge in [-0.1, -0.05) is 0 Å². The van der Waals surface area contributed by atoms with Crippen LogP contribution < -0.4 is 0 Å². The van der Waals surface area contributed by atoms with Gasteiger partial charge in [0.25, 0.3) is 0 Å². The van der Waals surface area contributed by atoms with Crippen LogP contribution in [-0.4, -0.2) is 50.2 Å². The summed E-state index contributed by atoms with van der Waals surface area (Å²) < 4.78 is 11.5. The topological polar surface area (TPSA) is 17.1 Å². The Morgan fingerprint density at radius 2 is 0.933 bits per heavy atom. The molecule has 0 N–H and O–H groups in total. The Labute approximate surface area is 115 Å². The van der Waals surface area contributed by atoms with Crippen molar-refractivity contribution in [2.75, 3.05) is 46.0 Å². The molecule has 1 aliphatic heterocycles. The maximum Gasteiger partial charge on any atom is 0.141 e. The van der Waals surface area contributed by atoms with Gasteiger partial charge >= 0.3 is 0 Å². The molecule has 1 fully saturated rings. The molecule has 7 heteroatoms. The smallest absolute Gasteiger partial charge is 0.141 e. The molecule has 0 spiro atoms. The minimum atomic E-state index is -0.709. The molecule has 0 saturated carbocycles. The highest BCUT2D eigenvalue weighted by molar-refractivity contribution is 9.02. The van der Waals surface area contributed by atoms with E-state index in [0.29, 0.717) is 0 Å². The summed E-state index contributed by atoms with van der Waals surface area (Å²) in [5, 5.41) is 0. The van der Waals surface area contributed by atoms with Gasteiger partial charge in [-0.15, -0.1) is 0 Å². The first-order valence-corrected chi connectivity index (χ1v) is 12.4. The Morgan fingerprint density at radius 3 is 1.33 bits per heavy atom. The Morgan fingerprint density at radius 1 is 0.600 bits per heavy atom. The van der Waals surface area contributed by atoms with Gasteiger partial charge in [-0.2, -0.15) is 35.3 Å². The van der Waals surface area contributed by atoms with E-state index in [1.807, 2.05) is 23.5 Å². The molecule has 1 rings (SSSR count). The van der Waals surface area contributed by atoms with Crippen molar-refractivity contribution in [1.82, 2.24) is 0 Å². The van der Waals surface area contributed by atoms with E-state index >= 15 is 0 Å². The lowest BCUT2D eigenvalue weighted by atomic mass is 10.9. The Hall–Kier alpha value is 1.90. The van der Waals surface area contributed by atoms with Gasteiger partial charge in [0.2, 0.25) is 0 Å². The van der Waals surface area contributed by atoms with Crippen molar-refractivity contribution in [3.63, 3.8) is 0 Å². The maximum absolute atomic E-state index is 11.5. The Bertz CT molecular complexity index is 161. The molecule has 15 heavy (non-hydrogen) atoms. The van der Waals surface area contributed by atoms with Crippen LogP contribution in [0.15, 0.2) is 0 Å². The fourth-order valence-corrected chi connectivity index (χ4v) is 9.31. The summed E-state index contributed by atoms with van der Waals surface area (Å²) in [6.45, 7) is 0. The zero-order chi connectivity index (χ0) is 10.8.